The van der Waals surface area contributed by atoms with Crippen molar-refractivity contribution < 1.29 is 24.2 Å². The number of aliphatic carboxylic acids is 1. The van der Waals surface area contributed by atoms with Gasteiger partial charge in [-0.05, 0) is 67.1 Å². The summed E-state index contributed by atoms with van der Waals surface area (Å²) in [7, 11) is 0. The second kappa shape index (κ2) is 10.2. The zero-order chi connectivity index (χ0) is 24.1. The Kier molecular flexibility index (Phi) is 6.94. The van der Waals surface area contributed by atoms with Crippen molar-refractivity contribution in [2.45, 2.75) is 12.8 Å². The van der Waals surface area contributed by atoms with Gasteiger partial charge >= 0.3 is 5.97 Å². The van der Waals surface area contributed by atoms with E-state index in [0.717, 1.165) is 5.39 Å². The van der Waals surface area contributed by atoms with Crippen LogP contribution < -0.4 is 10.1 Å². The summed E-state index contributed by atoms with van der Waals surface area (Å²) in [6, 6.07) is 20.5. The van der Waals surface area contributed by atoms with Crippen LogP contribution in [0.3, 0.4) is 0 Å². The van der Waals surface area contributed by atoms with Crippen LogP contribution in [0, 0.1) is 0 Å². The fourth-order valence-corrected chi connectivity index (χ4v) is 3.61. The maximum atomic E-state index is 12.9. The van der Waals surface area contributed by atoms with E-state index in [2.05, 4.69) is 5.32 Å². The van der Waals surface area contributed by atoms with Crippen molar-refractivity contribution in [3.8, 4) is 5.75 Å². The Morgan fingerprint density at radius 1 is 0.941 bits per heavy atom. The minimum atomic E-state index is -0.885. The average molecular weight is 477 g/mol. The normalized spacial score (nSPS) is 10.7. The van der Waals surface area contributed by atoms with E-state index < -0.39 is 5.97 Å². The van der Waals surface area contributed by atoms with Gasteiger partial charge in [0.05, 0.1) is 17.8 Å². The Labute approximate surface area is 200 Å². The van der Waals surface area contributed by atoms with Gasteiger partial charge in [0.1, 0.15) is 5.75 Å². The first-order valence-corrected chi connectivity index (χ1v) is 11.0. The van der Waals surface area contributed by atoms with Gasteiger partial charge in [-0.3, -0.25) is 19.0 Å². The quantitative estimate of drug-likeness (QED) is 0.328. The number of hydrogen-bond acceptors (Lipinski definition) is 4. The van der Waals surface area contributed by atoms with Gasteiger partial charge in [0.15, 0.2) is 0 Å². The third-order valence-electron chi connectivity index (χ3n) is 5.19. The van der Waals surface area contributed by atoms with Crippen molar-refractivity contribution in [3.63, 3.8) is 0 Å². The van der Waals surface area contributed by atoms with Crippen LogP contribution in [0.4, 0.5) is 5.69 Å². The number of benzene rings is 3. The van der Waals surface area contributed by atoms with Crippen molar-refractivity contribution >= 4 is 46.0 Å². The number of carboxylic acids is 1. The molecule has 8 heteroatoms. The van der Waals surface area contributed by atoms with Crippen LogP contribution in [0.5, 0.6) is 5.75 Å². The van der Waals surface area contributed by atoms with Crippen LogP contribution >= 0.6 is 11.6 Å². The SMILES string of the molecule is O=C(O)CCCOc1ccccc1NC(=O)c1ccc2c(ccn2C(=O)c2ccc(Cl)cc2)c1. The molecule has 0 atom stereocenters. The first-order chi connectivity index (χ1) is 16.4. The molecule has 34 heavy (non-hydrogen) atoms. The molecule has 0 aliphatic heterocycles. The summed E-state index contributed by atoms with van der Waals surface area (Å²) < 4.78 is 7.17. The zero-order valence-corrected chi connectivity index (χ0v) is 18.8. The summed E-state index contributed by atoms with van der Waals surface area (Å²) in [4.78, 5) is 36.4. The molecular formula is C26H21ClN2O5. The molecule has 0 saturated carbocycles. The van der Waals surface area contributed by atoms with Gasteiger partial charge in [-0.2, -0.15) is 0 Å². The lowest BCUT2D eigenvalue weighted by molar-refractivity contribution is -0.137. The topological polar surface area (TPSA) is 97.6 Å². The van der Waals surface area contributed by atoms with E-state index in [4.69, 9.17) is 21.4 Å². The summed E-state index contributed by atoms with van der Waals surface area (Å²) in [6.07, 6.45) is 2.04. The number of nitrogens with zero attached hydrogens (tertiary/aromatic N) is 1. The Morgan fingerprint density at radius 3 is 2.44 bits per heavy atom. The number of halogens is 1. The summed E-state index contributed by atoms with van der Waals surface area (Å²) in [5, 5.41) is 12.9. The van der Waals surface area contributed by atoms with Crippen molar-refractivity contribution in [3.05, 3.63) is 95.1 Å². The number of rotatable bonds is 8. The molecule has 3 aromatic carbocycles. The molecule has 1 amide bonds. The number of para-hydroxylation sites is 2. The molecule has 1 heterocycles. The Bertz CT molecular complexity index is 1360. The van der Waals surface area contributed by atoms with E-state index >= 15 is 0 Å². The third-order valence-corrected chi connectivity index (χ3v) is 5.44. The highest BCUT2D eigenvalue weighted by atomic mass is 35.5. The van der Waals surface area contributed by atoms with Crippen LogP contribution in [-0.2, 0) is 4.79 Å². The van der Waals surface area contributed by atoms with Gasteiger partial charge in [-0.15, -0.1) is 0 Å². The average Bonchev–Trinajstić information content (AvgIpc) is 3.26. The number of hydrogen-bond donors (Lipinski definition) is 2. The first-order valence-electron chi connectivity index (χ1n) is 10.6. The van der Waals surface area contributed by atoms with Gasteiger partial charge in [-0.25, -0.2) is 0 Å². The molecule has 0 radical (unpaired) electrons. The third kappa shape index (κ3) is 5.27. The van der Waals surface area contributed by atoms with E-state index in [0.29, 0.717) is 39.5 Å². The highest BCUT2D eigenvalue weighted by Gasteiger charge is 2.15. The standard InChI is InChI=1S/C26H21ClN2O5/c27-20-10-7-17(8-11-20)26(33)29-14-13-18-16-19(9-12-22(18)29)25(32)28-21-4-1-2-5-23(21)34-15-3-6-24(30)31/h1-2,4-5,7-14,16H,3,6,15H2,(H,28,32)(H,30,31). The van der Waals surface area contributed by atoms with E-state index in [1.807, 2.05) is 0 Å². The number of aromatic nitrogens is 1. The lowest BCUT2D eigenvalue weighted by atomic mass is 10.1. The van der Waals surface area contributed by atoms with Crippen LogP contribution in [0.15, 0.2) is 79.0 Å². The molecule has 2 N–H and O–H groups in total. The number of carbonyl (C=O) groups is 3. The van der Waals surface area contributed by atoms with Crippen molar-refractivity contribution in [1.29, 1.82) is 0 Å². The number of nitrogens with one attached hydrogen (secondary N) is 1. The molecule has 7 nitrogen and oxygen atoms in total. The van der Waals surface area contributed by atoms with Crippen molar-refractivity contribution in [2.24, 2.45) is 0 Å². The van der Waals surface area contributed by atoms with E-state index in [9.17, 15) is 14.4 Å². The number of carbonyl (C=O) groups excluding carboxylic acids is 2. The fraction of sp³-hybridized carbons (Fsp3) is 0.115. The molecule has 0 spiro atoms. The van der Waals surface area contributed by atoms with Crippen LogP contribution in [0.2, 0.25) is 5.02 Å². The first kappa shape index (κ1) is 23.1. The maximum Gasteiger partial charge on any atom is 0.303 e. The van der Waals surface area contributed by atoms with Gasteiger partial charge in [-0.1, -0.05) is 23.7 Å². The van der Waals surface area contributed by atoms with E-state index in [-0.39, 0.29) is 24.8 Å². The minimum Gasteiger partial charge on any atom is -0.491 e. The number of amides is 1. The molecular weight excluding hydrogens is 456 g/mol. The molecule has 4 aromatic rings. The smallest absolute Gasteiger partial charge is 0.303 e. The molecule has 0 unspecified atom stereocenters. The minimum absolute atomic E-state index is 0.00864. The number of anilines is 1. The number of carboxylic acid groups (broad SMARTS) is 1. The predicted molar refractivity (Wildman–Crippen MR) is 130 cm³/mol. The lowest BCUT2D eigenvalue weighted by Crippen LogP contribution is -2.13. The van der Waals surface area contributed by atoms with Gasteiger partial charge < -0.3 is 15.2 Å². The Morgan fingerprint density at radius 2 is 1.68 bits per heavy atom. The molecule has 172 valence electrons. The van der Waals surface area contributed by atoms with Crippen molar-refractivity contribution in [1.82, 2.24) is 4.57 Å². The Balaban J connectivity index is 1.49. The van der Waals surface area contributed by atoms with Crippen LogP contribution in [0.25, 0.3) is 10.9 Å². The van der Waals surface area contributed by atoms with Gasteiger partial charge in [0.25, 0.3) is 11.8 Å². The van der Waals surface area contributed by atoms with E-state index in [1.54, 1.807) is 79.0 Å². The highest BCUT2D eigenvalue weighted by molar-refractivity contribution is 6.30. The summed E-state index contributed by atoms with van der Waals surface area (Å²) in [5.41, 5.74) is 2.09. The summed E-state index contributed by atoms with van der Waals surface area (Å²) >= 11 is 5.91. The fourth-order valence-electron chi connectivity index (χ4n) is 3.49. The molecule has 0 fully saturated rings. The van der Waals surface area contributed by atoms with Crippen molar-refractivity contribution in [2.75, 3.05) is 11.9 Å². The summed E-state index contributed by atoms with van der Waals surface area (Å²) in [6.45, 7) is 0.223. The molecule has 0 aliphatic rings. The summed E-state index contributed by atoms with van der Waals surface area (Å²) in [5.74, 6) is -0.954. The molecule has 1 aromatic heterocycles. The lowest BCUT2D eigenvalue weighted by Gasteiger charge is -2.12. The molecule has 4 rings (SSSR count). The molecule has 0 saturated heterocycles. The molecule has 0 bridgehead atoms. The second-order valence-electron chi connectivity index (χ2n) is 7.57. The van der Waals surface area contributed by atoms with Crippen LogP contribution in [0.1, 0.15) is 33.6 Å². The second-order valence-corrected chi connectivity index (χ2v) is 8.00. The van der Waals surface area contributed by atoms with Crippen LogP contribution in [-0.4, -0.2) is 34.1 Å². The predicted octanol–water partition coefficient (Wildman–Crippen LogP) is 5.48. The van der Waals surface area contributed by atoms with E-state index in [1.165, 1.54) is 4.57 Å². The number of ether oxygens (including phenoxy) is 1. The zero-order valence-electron chi connectivity index (χ0n) is 18.0. The Hall–Kier alpha value is -4.10. The van der Waals surface area contributed by atoms with Gasteiger partial charge in [0, 0.05) is 34.2 Å². The molecule has 0 aliphatic carbocycles. The monoisotopic (exact) mass is 476 g/mol. The largest absolute Gasteiger partial charge is 0.491 e. The number of fused-ring (bicyclic) bond motifs is 1. The highest BCUT2D eigenvalue weighted by Crippen LogP contribution is 2.26. The maximum absolute atomic E-state index is 12.9. The van der Waals surface area contributed by atoms with Gasteiger partial charge in [0.2, 0.25) is 0 Å².